The lowest BCUT2D eigenvalue weighted by molar-refractivity contribution is 0.109. The van der Waals surface area contributed by atoms with Crippen LogP contribution in [0.2, 0.25) is 0 Å². The van der Waals surface area contributed by atoms with Crippen molar-refractivity contribution in [2.75, 3.05) is 39.5 Å². The summed E-state index contributed by atoms with van der Waals surface area (Å²) in [5.74, 6) is 0.894. The van der Waals surface area contributed by atoms with Crippen molar-refractivity contribution in [3.63, 3.8) is 0 Å². The van der Waals surface area contributed by atoms with Crippen LogP contribution < -0.4 is 5.73 Å². The predicted molar refractivity (Wildman–Crippen MR) is 68.7 cm³/mol. The highest BCUT2D eigenvalue weighted by Gasteiger charge is 2.26. The first-order valence-electron chi connectivity index (χ1n) is 6.12. The zero-order valence-corrected chi connectivity index (χ0v) is 10.8. The van der Waals surface area contributed by atoms with Gasteiger partial charge in [-0.25, -0.2) is 9.97 Å². The SMILES string of the molecule is CCc1nc(C2CN(C)CCN2C)ncc1N. The van der Waals surface area contributed by atoms with Crippen molar-refractivity contribution in [3.8, 4) is 0 Å². The fraction of sp³-hybridized carbons (Fsp3) is 0.667. The van der Waals surface area contributed by atoms with Crippen molar-refractivity contribution in [1.29, 1.82) is 0 Å². The van der Waals surface area contributed by atoms with Crippen LogP contribution >= 0.6 is 0 Å². The van der Waals surface area contributed by atoms with Gasteiger partial charge in [-0.15, -0.1) is 0 Å². The molecule has 0 amide bonds. The predicted octanol–water partition coefficient (Wildman–Crippen LogP) is 0.539. The van der Waals surface area contributed by atoms with E-state index in [-0.39, 0.29) is 6.04 Å². The van der Waals surface area contributed by atoms with E-state index in [2.05, 4.69) is 40.8 Å². The molecule has 1 aromatic heterocycles. The van der Waals surface area contributed by atoms with Crippen LogP contribution in [0.1, 0.15) is 24.5 Å². The Labute approximate surface area is 103 Å². The summed E-state index contributed by atoms with van der Waals surface area (Å²) in [5.41, 5.74) is 7.49. The van der Waals surface area contributed by atoms with Crippen molar-refractivity contribution in [2.24, 2.45) is 0 Å². The number of rotatable bonds is 2. The third-order valence-corrected chi connectivity index (χ3v) is 3.40. The van der Waals surface area contributed by atoms with Gasteiger partial charge in [0.2, 0.25) is 0 Å². The molecule has 5 heteroatoms. The van der Waals surface area contributed by atoms with E-state index in [1.165, 1.54) is 0 Å². The summed E-state index contributed by atoms with van der Waals surface area (Å²) in [4.78, 5) is 13.6. The second kappa shape index (κ2) is 4.98. The summed E-state index contributed by atoms with van der Waals surface area (Å²) >= 11 is 0. The molecule has 0 aliphatic carbocycles. The van der Waals surface area contributed by atoms with E-state index in [9.17, 15) is 0 Å². The lowest BCUT2D eigenvalue weighted by Gasteiger charge is -2.36. The molecule has 2 N–H and O–H groups in total. The van der Waals surface area contributed by atoms with E-state index in [0.29, 0.717) is 5.69 Å². The van der Waals surface area contributed by atoms with Gasteiger partial charge < -0.3 is 10.6 Å². The quantitative estimate of drug-likeness (QED) is 0.811. The van der Waals surface area contributed by atoms with Crippen molar-refractivity contribution in [2.45, 2.75) is 19.4 Å². The maximum absolute atomic E-state index is 5.84. The molecular formula is C12H21N5. The highest BCUT2D eigenvalue weighted by Crippen LogP contribution is 2.21. The molecule has 1 fully saturated rings. The minimum Gasteiger partial charge on any atom is -0.396 e. The largest absolute Gasteiger partial charge is 0.396 e. The summed E-state index contributed by atoms with van der Waals surface area (Å²) in [6.45, 7) is 5.20. The Kier molecular flexibility index (Phi) is 3.59. The van der Waals surface area contributed by atoms with Crippen LogP contribution in [0.5, 0.6) is 0 Å². The van der Waals surface area contributed by atoms with Gasteiger partial charge in [-0.2, -0.15) is 0 Å². The van der Waals surface area contributed by atoms with Gasteiger partial charge in [0.05, 0.1) is 23.6 Å². The zero-order valence-electron chi connectivity index (χ0n) is 10.8. The molecule has 0 radical (unpaired) electrons. The number of anilines is 1. The number of piperazine rings is 1. The Bertz CT molecular complexity index is 392. The first kappa shape index (κ1) is 12.3. The molecule has 17 heavy (non-hydrogen) atoms. The fourth-order valence-electron chi connectivity index (χ4n) is 2.17. The Morgan fingerprint density at radius 3 is 2.88 bits per heavy atom. The van der Waals surface area contributed by atoms with Crippen LogP contribution in [0.25, 0.3) is 0 Å². The number of nitrogens with zero attached hydrogens (tertiary/aromatic N) is 4. The maximum Gasteiger partial charge on any atom is 0.147 e. The molecule has 1 unspecified atom stereocenters. The van der Waals surface area contributed by atoms with Gasteiger partial charge in [0.1, 0.15) is 5.82 Å². The highest BCUT2D eigenvalue weighted by molar-refractivity contribution is 5.40. The molecule has 1 atom stereocenters. The topological polar surface area (TPSA) is 58.3 Å². The van der Waals surface area contributed by atoms with Crippen molar-refractivity contribution in [1.82, 2.24) is 19.8 Å². The number of aromatic nitrogens is 2. The van der Waals surface area contributed by atoms with Crippen LogP contribution in [0.15, 0.2) is 6.20 Å². The Balaban J connectivity index is 2.26. The summed E-state index contributed by atoms with van der Waals surface area (Å²) in [5, 5.41) is 0. The molecular weight excluding hydrogens is 214 g/mol. The highest BCUT2D eigenvalue weighted by atomic mass is 15.3. The van der Waals surface area contributed by atoms with E-state index in [1.54, 1.807) is 6.20 Å². The number of aryl methyl sites for hydroxylation is 1. The maximum atomic E-state index is 5.84. The molecule has 0 saturated carbocycles. The average Bonchev–Trinajstić information content (AvgIpc) is 2.33. The van der Waals surface area contributed by atoms with Gasteiger partial charge in [-0.1, -0.05) is 6.92 Å². The van der Waals surface area contributed by atoms with Crippen molar-refractivity contribution < 1.29 is 0 Å². The van der Waals surface area contributed by atoms with Crippen molar-refractivity contribution in [3.05, 3.63) is 17.7 Å². The molecule has 2 rings (SSSR count). The monoisotopic (exact) mass is 235 g/mol. The number of nitrogens with two attached hydrogens (primary N) is 1. The van der Waals surface area contributed by atoms with E-state index in [4.69, 9.17) is 5.73 Å². The Morgan fingerprint density at radius 1 is 1.41 bits per heavy atom. The molecule has 1 aromatic rings. The third kappa shape index (κ3) is 2.56. The van der Waals surface area contributed by atoms with Gasteiger partial charge in [-0.05, 0) is 20.5 Å². The average molecular weight is 235 g/mol. The summed E-state index contributed by atoms with van der Waals surface area (Å²) in [6, 6.07) is 0.277. The minimum atomic E-state index is 0.277. The van der Waals surface area contributed by atoms with Gasteiger partial charge in [-0.3, -0.25) is 4.90 Å². The summed E-state index contributed by atoms with van der Waals surface area (Å²) in [6.07, 6.45) is 2.59. The molecule has 1 aliphatic rings. The first-order chi connectivity index (χ1) is 8.11. The van der Waals surface area contributed by atoms with Gasteiger partial charge in [0.15, 0.2) is 0 Å². The van der Waals surface area contributed by atoms with Crippen molar-refractivity contribution >= 4 is 5.69 Å². The molecule has 1 aliphatic heterocycles. The minimum absolute atomic E-state index is 0.277. The standard InChI is InChI=1S/C12H21N5/c1-4-10-9(13)7-14-12(15-10)11-8-16(2)5-6-17(11)3/h7,11H,4-6,8,13H2,1-3H3. The molecule has 0 spiro atoms. The van der Waals surface area contributed by atoms with Gasteiger partial charge >= 0.3 is 0 Å². The molecule has 1 saturated heterocycles. The molecule has 0 aromatic carbocycles. The Morgan fingerprint density at radius 2 is 2.18 bits per heavy atom. The lowest BCUT2D eigenvalue weighted by Crippen LogP contribution is -2.45. The number of hydrogen-bond acceptors (Lipinski definition) is 5. The summed E-state index contributed by atoms with van der Waals surface area (Å²) in [7, 11) is 4.26. The van der Waals surface area contributed by atoms with E-state index < -0.39 is 0 Å². The van der Waals surface area contributed by atoms with Crippen LogP contribution in [-0.2, 0) is 6.42 Å². The zero-order chi connectivity index (χ0) is 12.4. The normalized spacial score (nSPS) is 22.9. The molecule has 94 valence electrons. The molecule has 0 bridgehead atoms. The Hall–Kier alpha value is -1.20. The van der Waals surface area contributed by atoms with Gasteiger partial charge in [0, 0.05) is 19.6 Å². The first-order valence-corrected chi connectivity index (χ1v) is 6.12. The second-order valence-corrected chi connectivity index (χ2v) is 4.74. The van der Waals surface area contributed by atoms with E-state index in [1.807, 2.05) is 0 Å². The van der Waals surface area contributed by atoms with Gasteiger partial charge in [0.25, 0.3) is 0 Å². The second-order valence-electron chi connectivity index (χ2n) is 4.74. The lowest BCUT2D eigenvalue weighted by atomic mass is 10.1. The van der Waals surface area contributed by atoms with Crippen LogP contribution in [-0.4, -0.2) is 53.5 Å². The van der Waals surface area contributed by atoms with Crippen LogP contribution in [0.3, 0.4) is 0 Å². The molecule has 2 heterocycles. The third-order valence-electron chi connectivity index (χ3n) is 3.40. The number of hydrogen-bond donors (Lipinski definition) is 1. The van der Waals surface area contributed by atoms with Crippen LogP contribution in [0, 0.1) is 0 Å². The van der Waals surface area contributed by atoms with E-state index >= 15 is 0 Å². The summed E-state index contributed by atoms with van der Waals surface area (Å²) < 4.78 is 0. The number of likely N-dealkylation sites (N-methyl/N-ethyl adjacent to an activating group) is 2. The molecule has 5 nitrogen and oxygen atoms in total. The smallest absolute Gasteiger partial charge is 0.147 e. The number of nitrogen functional groups attached to an aromatic ring is 1. The van der Waals surface area contributed by atoms with Crippen LogP contribution in [0.4, 0.5) is 5.69 Å². The fourth-order valence-corrected chi connectivity index (χ4v) is 2.17. The van der Waals surface area contributed by atoms with E-state index in [0.717, 1.165) is 37.6 Å².